The second-order valence-electron chi connectivity index (χ2n) is 9.89. The summed E-state index contributed by atoms with van der Waals surface area (Å²) in [6, 6.07) is 0.722. The molecule has 0 aromatic rings. The zero-order valence-corrected chi connectivity index (χ0v) is 18.2. The molecular formula is C22H40N4O4. The van der Waals surface area contributed by atoms with Crippen molar-refractivity contribution in [2.75, 3.05) is 13.2 Å². The monoisotopic (exact) mass is 424 g/mol. The maximum atomic E-state index is 11.1. The molecule has 2 heterocycles. The summed E-state index contributed by atoms with van der Waals surface area (Å²) in [6.07, 6.45) is 13.7. The predicted octanol–water partition coefficient (Wildman–Crippen LogP) is 2.32. The molecule has 8 heteroatoms. The van der Waals surface area contributed by atoms with E-state index in [2.05, 4.69) is 10.6 Å². The highest BCUT2D eigenvalue weighted by molar-refractivity contribution is 4.93. The van der Waals surface area contributed by atoms with Crippen LogP contribution in [0.4, 0.5) is 0 Å². The van der Waals surface area contributed by atoms with Gasteiger partial charge < -0.3 is 20.5 Å². The first-order chi connectivity index (χ1) is 14.6. The lowest BCUT2D eigenvalue weighted by Gasteiger charge is -2.44. The summed E-state index contributed by atoms with van der Waals surface area (Å²) in [5.74, 6) is 0.342. The molecule has 172 valence electrons. The molecule has 4 N–H and O–H groups in total. The van der Waals surface area contributed by atoms with Gasteiger partial charge in [-0.05, 0) is 51.0 Å². The Morgan fingerprint density at radius 3 is 2.67 bits per heavy atom. The van der Waals surface area contributed by atoms with Crippen molar-refractivity contribution in [2.45, 2.75) is 120 Å². The van der Waals surface area contributed by atoms with E-state index in [0.717, 1.165) is 51.7 Å². The van der Waals surface area contributed by atoms with Crippen molar-refractivity contribution in [3.05, 3.63) is 10.1 Å². The summed E-state index contributed by atoms with van der Waals surface area (Å²) in [5, 5.41) is 18.3. The van der Waals surface area contributed by atoms with E-state index in [-0.39, 0.29) is 29.3 Å². The van der Waals surface area contributed by atoms with E-state index in [0.29, 0.717) is 30.5 Å². The van der Waals surface area contributed by atoms with Crippen LogP contribution in [0.1, 0.15) is 77.0 Å². The molecule has 2 aliphatic carbocycles. The number of rotatable bonds is 11. The van der Waals surface area contributed by atoms with Crippen LogP contribution in [0, 0.1) is 16.0 Å². The molecule has 8 unspecified atom stereocenters. The number of ether oxygens (including phenoxy) is 2. The summed E-state index contributed by atoms with van der Waals surface area (Å²) in [5.41, 5.74) is 6.21. The maximum absolute atomic E-state index is 11.1. The van der Waals surface area contributed by atoms with Crippen molar-refractivity contribution in [3.8, 4) is 0 Å². The van der Waals surface area contributed by atoms with Crippen molar-refractivity contribution in [1.82, 2.24) is 10.6 Å². The van der Waals surface area contributed by atoms with Gasteiger partial charge in [-0.2, -0.15) is 0 Å². The van der Waals surface area contributed by atoms with Gasteiger partial charge in [0.25, 0.3) is 0 Å². The van der Waals surface area contributed by atoms with Gasteiger partial charge in [0, 0.05) is 29.8 Å². The summed E-state index contributed by atoms with van der Waals surface area (Å²) in [6.45, 7) is 1.75. The van der Waals surface area contributed by atoms with Crippen LogP contribution in [-0.2, 0) is 9.47 Å². The number of nitrogens with two attached hydrogens (primary N) is 1. The van der Waals surface area contributed by atoms with E-state index in [4.69, 9.17) is 15.2 Å². The van der Waals surface area contributed by atoms with E-state index < -0.39 is 0 Å². The smallest absolute Gasteiger partial charge is 0.213 e. The van der Waals surface area contributed by atoms with Crippen LogP contribution in [-0.4, -0.2) is 60.7 Å². The third-order valence-corrected chi connectivity index (χ3v) is 7.67. The zero-order chi connectivity index (χ0) is 20.9. The van der Waals surface area contributed by atoms with Gasteiger partial charge in [0.1, 0.15) is 6.23 Å². The summed E-state index contributed by atoms with van der Waals surface area (Å²) < 4.78 is 11.6. The number of nitrogens with zero attached hydrogens (tertiary/aromatic N) is 1. The third-order valence-electron chi connectivity index (χ3n) is 7.67. The van der Waals surface area contributed by atoms with Crippen LogP contribution in [0.2, 0.25) is 0 Å². The number of hydrogen-bond donors (Lipinski definition) is 3. The van der Waals surface area contributed by atoms with Crippen LogP contribution >= 0.6 is 0 Å². The molecule has 2 saturated heterocycles. The number of nitrogens with one attached hydrogen (secondary N) is 2. The van der Waals surface area contributed by atoms with Gasteiger partial charge in [-0.25, -0.2) is 0 Å². The molecule has 0 spiro atoms. The highest BCUT2D eigenvalue weighted by atomic mass is 16.6. The average Bonchev–Trinajstić information content (AvgIpc) is 3.46. The first kappa shape index (κ1) is 22.4. The Balaban J connectivity index is 1.03. The van der Waals surface area contributed by atoms with Crippen molar-refractivity contribution >= 4 is 0 Å². The second-order valence-corrected chi connectivity index (χ2v) is 9.89. The minimum Gasteiger partial charge on any atom is -0.374 e. The fourth-order valence-corrected chi connectivity index (χ4v) is 5.66. The number of nitro groups is 1. The molecule has 0 radical (unpaired) electrons. The molecule has 4 rings (SSSR count). The average molecular weight is 425 g/mol. The van der Waals surface area contributed by atoms with Gasteiger partial charge in [-0.1, -0.05) is 25.7 Å². The molecular weight excluding hydrogens is 384 g/mol. The van der Waals surface area contributed by atoms with Crippen molar-refractivity contribution in [2.24, 2.45) is 11.7 Å². The van der Waals surface area contributed by atoms with E-state index in [1.807, 2.05) is 0 Å². The van der Waals surface area contributed by atoms with Gasteiger partial charge >= 0.3 is 0 Å². The number of epoxide rings is 1. The summed E-state index contributed by atoms with van der Waals surface area (Å²) >= 11 is 0. The molecule has 8 atom stereocenters. The maximum Gasteiger partial charge on any atom is 0.213 e. The molecule has 2 saturated carbocycles. The van der Waals surface area contributed by atoms with Crippen LogP contribution in [0.5, 0.6) is 0 Å². The first-order valence-corrected chi connectivity index (χ1v) is 12.3. The minimum absolute atomic E-state index is 0.0968. The Morgan fingerprint density at radius 1 is 1.03 bits per heavy atom. The Labute approximate surface area is 180 Å². The van der Waals surface area contributed by atoms with Gasteiger partial charge in [0.05, 0.1) is 24.9 Å². The minimum atomic E-state index is -0.370. The Bertz CT molecular complexity index is 565. The molecule has 4 aliphatic rings. The van der Waals surface area contributed by atoms with Crippen LogP contribution in [0.3, 0.4) is 0 Å². The Morgan fingerprint density at radius 2 is 1.90 bits per heavy atom. The van der Waals surface area contributed by atoms with E-state index in [1.165, 1.54) is 32.1 Å². The SMILES string of the molecule is NC1CCCCC1NC1OC1CCCCCNC1COC1C1CCCC([N+](=O)[O-])C1. The van der Waals surface area contributed by atoms with E-state index in [1.54, 1.807) is 0 Å². The fourth-order valence-electron chi connectivity index (χ4n) is 5.66. The molecule has 0 aromatic carbocycles. The summed E-state index contributed by atoms with van der Waals surface area (Å²) in [4.78, 5) is 11.0. The molecule has 0 amide bonds. The summed E-state index contributed by atoms with van der Waals surface area (Å²) in [7, 11) is 0. The van der Waals surface area contributed by atoms with Gasteiger partial charge in [-0.3, -0.25) is 15.4 Å². The quantitative estimate of drug-likeness (QED) is 0.202. The van der Waals surface area contributed by atoms with E-state index >= 15 is 0 Å². The normalized spacial score (nSPS) is 41.2. The lowest BCUT2D eigenvalue weighted by molar-refractivity contribution is -0.528. The Kier molecular flexibility index (Phi) is 7.97. The first-order valence-electron chi connectivity index (χ1n) is 12.3. The zero-order valence-electron chi connectivity index (χ0n) is 18.2. The second kappa shape index (κ2) is 10.7. The molecule has 4 fully saturated rings. The van der Waals surface area contributed by atoms with Gasteiger partial charge in [0.2, 0.25) is 6.04 Å². The van der Waals surface area contributed by atoms with Crippen LogP contribution in [0.25, 0.3) is 0 Å². The van der Waals surface area contributed by atoms with Crippen molar-refractivity contribution in [3.63, 3.8) is 0 Å². The van der Waals surface area contributed by atoms with Crippen molar-refractivity contribution < 1.29 is 14.4 Å². The predicted molar refractivity (Wildman–Crippen MR) is 115 cm³/mol. The molecule has 30 heavy (non-hydrogen) atoms. The number of hydrogen-bond acceptors (Lipinski definition) is 7. The third kappa shape index (κ3) is 5.91. The largest absolute Gasteiger partial charge is 0.374 e. The van der Waals surface area contributed by atoms with Gasteiger partial charge in [0.15, 0.2) is 0 Å². The van der Waals surface area contributed by atoms with E-state index in [9.17, 15) is 10.1 Å². The number of unbranched alkanes of at least 4 members (excludes halogenated alkanes) is 2. The molecule has 0 aromatic heterocycles. The fraction of sp³-hybridized carbons (Fsp3) is 1.00. The molecule has 0 bridgehead atoms. The van der Waals surface area contributed by atoms with Gasteiger partial charge in [-0.15, -0.1) is 0 Å². The molecule has 8 nitrogen and oxygen atoms in total. The highest BCUT2D eigenvalue weighted by Gasteiger charge is 2.43. The molecule has 2 aliphatic heterocycles. The standard InChI is InChI=1S/C22H40N4O4/c23-17-9-3-4-10-18(17)25-22-20(30-22)11-2-1-5-12-24-19-14-29-21(19)15-7-6-8-16(13-15)26(27)28/h15-22,24-25H,1-14,23H2. The van der Waals surface area contributed by atoms with Crippen LogP contribution in [0.15, 0.2) is 0 Å². The lowest BCUT2D eigenvalue weighted by Crippen LogP contribution is -2.58. The van der Waals surface area contributed by atoms with Crippen molar-refractivity contribution in [1.29, 1.82) is 0 Å². The van der Waals surface area contributed by atoms with Crippen LogP contribution < -0.4 is 16.4 Å². The Hall–Kier alpha value is -0.800. The lowest BCUT2D eigenvalue weighted by atomic mass is 9.78. The topological polar surface area (TPSA) is 115 Å². The highest BCUT2D eigenvalue weighted by Crippen LogP contribution is 2.34.